The van der Waals surface area contributed by atoms with E-state index in [2.05, 4.69) is 4.74 Å². The van der Waals surface area contributed by atoms with Crippen LogP contribution in [0.3, 0.4) is 0 Å². The van der Waals surface area contributed by atoms with Crippen LogP contribution in [0.2, 0.25) is 0 Å². The van der Waals surface area contributed by atoms with Crippen molar-refractivity contribution in [3.8, 4) is 0 Å². The monoisotopic (exact) mass is 284 g/mol. The Bertz CT molecular complexity index is 392. The molecule has 112 valence electrons. The molecular weight excluding hydrogens is 264 g/mol. The van der Waals surface area contributed by atoms with Crippen LogP contribution in [0.4, 0.5) is 4.79 Å². The number of nitrogens with zero attached hydrogens (tertiary/aromatic N) is 2. The van der Waals surface area contributed by atoms with Gasteiger partial charge in [0.2, 0.25) is 0 Å². The molecule has 0 aromatic carbocycles. The fraction of sp³-hybridized carbons (Fsp3) is 0.769. The van der Waals surface area contributed by atoms with Crippen molar-refractivity contribution in [2.24, 2.45) is 0 Å². The van der Waals surface area contributed by atoms with E-state index in [9.17, 15) is 14.4 Å². The molecule has 7 heteroatoms. The average molecular weight is 284 g/mol. The Hall–Kier alpha value is -1.79. The van der Waals surface area contributed by atoms with Gasteiger partial charge in [0, 0.05) is 19.6 Å². The number of ether oxygens (including phenoxy) is 2. The summed E-state index contributed by atoms with van der Waals surface area (Å²) in [5.41, 5.74) is 0. The highest BCUT2D eigenvalue weighted by Crippen LogP contribution is 2.19. The summed E-state index contributed by atoms with van der Waals surface area (Å²) < 4.78 is 9.67. The van der Waals surface area contributed by atoms with Gasteiger partial charge in [0.05, 0.1) is 7.11 Å². The summed E-state index contributed by atoms with van der Waals surface area (Å²) in [7, 11) is 1.28. The zero-order chi connectivity index (χ0) is 14.5. The molecule has 2 aliphatic rings. The molecule has 0 bridgehead atoms. The van der Waals surface area contributed by atoms with Crippen molar-refractivity contribution in [2.75, 3.05) is 33.4 Å². The van der Waals surface area contributed by atoms with Gasteiger partial charge in [0.15, 0.2) is 6.61 Å². The molecule has 2 saturated heterocycles. The van der Waals surface area contributed by atoms with Crippen LogP contribution in [0.15, 0.2) is 0 Å². The maximum absolute atomic E-state index is 12.0. The predicted molar refractivity (Wildman–Crippen MR) is 68.9 cm³/mol. The zero-order valence-corrected chi connectivity index (χ0v) is 11.7. The molecule has 7 nitrogen and oxygen atoms in total. The first kappa shape index (κ1) is 14.6. The van der Waals surface area contributed by atoms with Crippen molar-refractivity contribution in [3.05, 3.63) is 0 Å². The molecule has 1 atom stereocenters. The molecule has 20 heavy (non-hydrogen) atoms. The molecule has 0 aromatic heterocycles. The van der Waals surface area contributed by atoms with Crippen molar-refractivity contribution in [1.82, 2.24) is 9.80 Å². The summed E-state index contributed by atoms with van der Waals surface area (Å²) in [5.74, 6) is -0.695. The molecule has 0 saturated carbocycles. The van der Waals surface area contributed by atoms with Crippen LogP contribution in [0.1, 0.15) is 25.7 Å². The van der Waals surface area contributed by atoms with E-state index in [-0.39, 0.29) is 12.5 Å². The second kappa shape index (κ2) is 6.58. The van der Waals surface area contributed by atoms with Crippen molar-refractivity contribution in [3.63, 3.8) is 0 Å². The molecule has 0 spiro atoms. The molecule has 0 radical (unpaired) electrons. The van der Waals surface area contributed by atoms with Gasteiger partial charge < -0.3 is 14.4 Å². The van der Waals surface area contributed by atoms with Gasteiger partial charge >= 0.3 is 12.1 Å². The first-order valence-electron chi connectivity index (χ1n) is 6.92. The van der Waals surface area contributed by atoms with E-state index in [4.69, 9.17) is 4.74 Å². The Kier molecular flexibility index (Phi) is 4.81. The lowest BCUT2D eigenvalue weighted by Crippen LogP contribution is -2.42. The van der Waals surface area contributed by atoms with Crippen LogP contribution >= 0.6 is 0 Å². The summed E-state index contributed by atoms with van der Waals surface area (Å²) in [5, 5.41) is 0. The van der Waals surface area contributed by atoms with Gasteiger partial charge in [-0.05, 0) is 25.7 Å². The number of methoxy groups -OCH3 is 1. The van der Waals surface area contributed by atoms with Gasteiger partial charge in [-0.2, -0.15) is 0 Å². The minimum absolute atomic E-state index is 0.168. The molecule has 0 aromatic rings. The number of carbonyl (C=O) groups excluding carboxylic acids is 3. The number of amides is 2. The number of hydrogen-bond donors (Lipinski definition) is 0. The highest BCUT2D eigenvalue weighted by molar-refractivity contribution is 5.85. The van der Waals surface area contributed by atoms with E-state index in [0.29, 0.717) is 13.0 Å². The summed E-state index contributed by atoms with van der Waals surface area (Å²) >= 11 is 0. The number of esters is 1. The SMILES string of the molecule is COC(=O)N1CCC[C@@H]1C(=O)OCC(=O)N1CCCC1. The van der Waals surface area contributed by atoms with Crippen molar-refractivity contribution < 1.29 is 23.9 Å². The molecular formula is C13H20N2O5. The van der Waals surface area contributed by atoms with E-state index < -0.39 is 18.1 Å². The Balaban J connectivity index is 1.81. The van der Waals surface area contributed by atoms with Gasteiger partial charge in [-0.25, -0.2) is 9.59 Å². The molecule has 0 aliphatic carbocycles. The fourth-order valence-corrected chi connectivity index (χ4v) is 2.63. The first-order chi connectivity index (χ1) is 9.63. The Morgan fingerprint density at radius 1 is 1.10 bits per heavy atom. The van der Waals surface area contributed by atoms with E-state index in [1.165, 1.54) is 12.0 Å². The van der Waals surface area contributed by atoms with Gasteiger partial charge in [-0.3, -0.25) is 9.69 Å². The fourth-order valence-electron chi connectivity index (χ4n) is 2.63. The number of hydrogen-bond acceptors (Lipinski definition) is 5. The van der Waals surface area contributed by atoms with E-state index in [0.717, 1.165) is 32.4 Å². The normalized spacial score (nSPS) is 21.9. The van der Waals surface area contributed by atoms with Crippen LogP contribution in [-0.2, 0) is 19.1 Å². The van der Waals surface area contributed by atoms with Crippen LogP contribution in [0.5, 0.6) is 0 Å². The topological polar surface area (TPSA) is 76.1 Å². The van der Waals surface area contributed by atoms with E-state index in [1.807, 2.05) is 0 Å². The number of likely N-dealkylation sites (tertiary alicyclic amines) is 2. The largest absolute Gasteiger partial charge is 0.454 e. The Morgan fingerprint density at radius 3 is 2.45 bits per heavy atom. The van der Waals surface area contributed by atoms with Gasteiger partial charge in [-0.15, -0.1) is 0 Å². The maximum atomic E-state index is 12.0. The lowest BCUT2D eigenvalue weighted by molar-refractivity contribution is -0.155. The molecule has 2 heterocycles. The van der Waals surface area contributed by atoms with Gasteiger partial charge in [0.1, 0.15) is 6.04 Å². The van der Waals surface area contributed by atoms with Crippen LogP contribution in [0, 0.1) is 0 Å². The average Bonchev–Trinajstić information content (AvgIpc) is 3.13. The summed E-state index contributed by atoms with van der Waals surface area (Å²) in [6.45, 7) is 1.69. The second-order valence-corrected chi connectivity index (χ2v) is 5.02. The molecule has 0 N–H and O–H groups in total. The quantitative estimate of drug-likeness (QED) is 0.700. The lowest BCUT2D eigenvalue weighted by Gasteiger charge is -2.22. The minimum Gasteiger partial charge on any atom is -0.454 e. The maximum Gasteiger partial charge on any atom is 0.410 e. The van der Waals surface area contributed by atoms with E-state index >= 15 is 0 Å². The van der Waals surface area contributed by atoms with Gasteiger partial charge in [0.25, 0.3) is 5.91 Å². The summed E-state index contributed by atoms with van der Waals surface area (Å²) in [6.07, 6.45) is 2.74. The number of rotatable bonds is 3. The standard InChI is InChI=1S/C13H20N2O5/c1-19-13(18)15-8-4-5-10(15)12(17)20-9-11(16)14-6-2-3-7-14/h10H,2-9H2,1H3/t10-/m1/s1. The third kappa shape index (κ3) is 3.20. The minimum atomic E-state index is -0.631. The Labute approximate surface area is 117 Å². The highest BCUT2D eigenvalue weighted by atomic mass is 16.6. The van der Waals surface area contributed by atoms with E-state index in [1.54, 1.807) is 4.90 Å². The van der Waals surface area contributed by atoms with Crippen molar-refractivity contribution >= 4 is 18.0 Å². The number of carbonyl (C=O) groups is 3. The first-order valence-corrected chi connectivity index (χ1v) is 6.92. The highest BCUT2D eigenvalue weighted by Gasteiger charge is 2.36. The molecule has 2 amide bonds. The molecule has 2 aliphatic heterocycles. The molecule has 2 rings (SSSR count). The van der Waals surface area contributed by atoms with Crippen molar-refractivity contribution in [1.29, 1.82) is 0 Å². The summed E-state index contributed by atoms with van der Waals surface area (Å²) in [4.78, 5) is 38.3. The van der Waals surface area contributed by atoms with Crippen LogP contribution in [0.25, 0.3) is 0 Å². The zero-order valence-electron chi connectivity index (χ0n) is 11.7. The summed E-state index contributed by atoms with van der Waals surface area (Å²) in [6, 6.07) is -0.631. The predicted octanol–water partition coefficient (Wildman–Crippen LogP) is 0.383. The van der Waals surface area contributed by atoms with Crippen LogP contribution in [-0.4, -0.2) is 67.2 Å². The lowest BCUT2D eigenvalue weighted by atomic mass is 10.2. The van der Waals surface area contributed by atoms with Crippen LogP contribution < -0.4 is 0 Å². The molecule has 0 unspecified atom stereocenters. The smallest absolute Gasteiger partial charge is 0.410 e. The third-order valence-corrected chi connectivity index (χ3v) is 3.73. The van der Waals surface area contributed by atoms with Gasteiger partial charge in [-0.1, -0.05) is 0 Å². The third-order valence-electron chi connectivity index (χ3n) is 3.73. The Morgan fingerprint density at radius 2 is 1.80 bits per heavy atom. The van der Waals surface area contributed by atoms with Crippen molar-refractivity contribution in [2.45, 2.75) is 31.7 Å². The second-order valence-electron chi connectivity index (χ2n) is 5.02. The molecule has 2 fully saturated rings.